The van der Waals surface area contributed by atoms with Crippen molar-refractivity contribution in [2.45, 2.75) is 265 Å². The second-order valence-corrected chi connectivity index (χ2v) is 20.3. The number of nitrogens with two attached hydrogens (primary N) is 1. The fraction of sp³-hybridized carbons (Fsp3) is 0.782. The second kappa shape index (κ2) is 37.3. The van der Waals surface area contributed by atoms with Gasteiger partial charge in [-0.15, -0.1) is 8.78 Å². The number of benzene rings is 2. The topological polar surface area (TPSA) is 16.6 Å². The molecular weight excluding hydrogens is 951 g/mol. The highest BCUT2D eigenvalue weighted by molar-refractivity contribution is 6.79. The van der Waals surface area contributed by atoms with Crippen molar-refractivity contribution in [3.63, 3.8) is 0 Å². The molecule has 0 aliphatic carbocycles. The molecule has 1 unspecified atom stereocenters. The molecule has 2 aromatic carbocycles. The monoisotopic (exact) mass is 1040 g/mol. The van der Waals surface area contributed by atoms with Gasteiger partial charge in [0.2, 0.25) is 5.82 Å². The first-order chi connectivity index (χ1) is 33.5. The Morgan fingerprint density at radius 3 is 1.14 bits per heavy atom. The molecule has 0 spiro atoms. The van der Waals surface area contributed by atoms with Gasteiger partial charge in [-0.1, -0.05) is 203 Å². The Bertz CT molecular complexity index is 1600. The van der Waals surface area contributed by atoms with Gasteiger partial charge in [0, 0.05) is 24.0 Å². The van der Waals surface area contributed by atoms with Crippen molar-refractivity contribution >= 4 is 6.15 Å². The standard InChI is InChI=1S/C28H60B.C15H27F6N.C12H2F8/c1-5-9-13-17-21-25-29(26-22-18-14-10-6-2,27-23-19-15-11-7-3)28-24-20-16-12-8-4;1-4-6-7-8-10-13(16,17)14(18,19)15(20,21)22-11-12(3)9-5-2;13-4-2-1-3(6(14)7(4)15)5-8(16)10(18)12(20)11(19)9(5)17/h5-28H2,1-4H3;12,22H,4-11H2,1-3H3;1-2H/q-1;;/p+1. The highest BCUT2D eigenvalue weighted by Crippen LogP contribution is 2.45. The summed E-state index contributed by atoms with van der Waals surface area (Å²) in [6.07, 6.45) is 37.3. The molecule has 1 nitrogen and oxygen atoms in total. The molecule has 0 aliphatic heterocycles. The van der Waals surface area contributed by atoms with Gasteiger partial charge in [0.15, 0.2) is 40.7 Å². The number of hydrogen-bond donors (Lipinski definition) is 1. The summed E-state index contributed by atoms with van der Waals surface area (Å²) in [7, 11) is 0. The first-order valence-corrected chi connectivity index (χ1v) is 27.4. The van der Waals surface area contributed by atoms with E-state index in [9.17, 15) is 61.5 Å². The Morgan fingerprint density at radius 1 is 0.423 bits per heavy atom. The van der Waals surface area contributed by atoms with Crippen LogP contribution in [-0.4, -0.2) is 30.6 Å². The number of halogens is 14. The van der Waals surface area contributed by atoms with E-state index in [-0.39, 0.29) is 30.3 Å². The van der Waals surface area contributed by atoms with Crippen molar-refractivity contribution < 1.29 is 66.8 Å². The van der Waals surface area contributed by atoms with Crippen LogP contribution in [0.3, 0.4) is 0 Å². The van der Waals surface area contributed by atoms with Crippen molar-refractivity contribution in [1.82, 2.24) is 0 Å². The molecule has 2 N–H and O–H groups in total. The Morgan fingerprint density at radius 2 is 0.775 bits per heavy atom. The summed E-state index contributed by atoms with van der Waals surface area (Å²) in [5.74, 6) is -27.9. The molecule has 1 atom stereocenters. The van der Waals surface area contributed by atoms with E-state index in [2.05, 4.69) is 27.7 Å². The van der Waals surface area contributed by atoms with Crippen LogP contribution in [0.15, 0.2) is 12.1 Å². The SMILES string of the molecule is CCCCCCC(F)(F)C(F)(F)C(F)(F)[NH2+]CC(C)CCC.CCCCCCC[B-](CCCCCCC)(CCCCCCC)CCCCCCC.Fc1ccc(-c2c(F)c(F)c(F)c(F)c2F)c(F)c1F. The molecule has 0 bridgehead atoms. The molecule has 0 amide bonds. The van der Waals surface area contributed by atoms with Gasteiger partial charge in [0.1, 0.15) is 0 Å². The second-order valence-electron chi connectivity index (χ2n) is 20.3. The molecule has 0 saturated heterocycles. The van der Waals surface area contributed by atoms with E-state index in [1.807, 2.05) is 13.8 Å². The molecule has 71 heavy (non-hydrogen) atoms. The molecule has 2 aromatic rings. The lowest BCUT2D eigenvalue weighted by Crippen LogP contribution is -3.00. The third kappa shape index (κ3) is 24.6. The fourth-order valence-corrected chi connectivity index (χ4v) is 9.41. The van der Waals surface area contributed by atoms with Gasteiger partial charge in [-0.25, -0.2) is 35.1 Å². The number of quaternary nitrogens is 1. The van der Waals surface area contributed by atoms with Gasteiger partial charge in [0.05, 0.1) is 12.1 Å². The van der Waals surface area contributed by atoms with Gasteiger partial charge < -0.3 is 0 Å². The summed E-state index contributed by atoms with van der Waals surface area (Å²) < 4.78 is 186. The highest BCUT2D eigenvalue weighted by atomic mass is 19.3. The van der Waals surface area contributed by atoms with Gasteiger partial charge in [0.25, 0.3) is 0 Å². The smallest absolute Gasteiger partial charge is 0.280 e. The normalized spacial score (nSPS) is 12.7. The Hall–Kier alpha value is -2.52. The summed E-state index contributed by atoms with van der Waals surface area (Å²) >= 11 is 0. The van der Waals surface area contributed by atoms with E-state index in [1.165, 1.54) is 128 Å². The van der Waals surface area contributed by atoms with E-state index < -0.39 is 82.0 Å². The molecule has 0 fully saturated rings. The van der Waals surface area contributed by atoms with E-state index in [0.29, 0.717) is 31.4 Å². The van der Waals surface area contributed by atoms with Gasteiger partial charge in [-0.3, -0.25) is 5.32 Å². The quantitative estimate of drug-likeness (QED) is 0.0173. The minimum absolute atomic E-state index is 0.0628. The lowest BCUT2D eigenvalue weighted by Gasteiger charge is -2.41. The molecular formula is C55H90BF14N. The minimum Gasteiger partial charge on any atom is -0.280 e. The molecule has 416 valence electrons. The van der Waals surface area contributed by atoms with Crippen molar-refractivity contribution in [2.75, 3.05) is 6.54 Å². The largest absolute Gasteiger partial charge is 0.458 e. The summed E-state index contributed by atoms with van der Waals surface area (Å²) in [6, 6.07) is -4.14. The molecule has 0 heterocycles. The molecule has 0 aromatic heterocycles. The molecule has 0 aliphatic rings. The zero-order valence-corrected chi connectivity index (χ0v) is 44.3. The van der Waals surface area contributed by atoms with Crippen LogP contribution in [0.5, 0.6) is 0 Å². The number of hydrogen-bond acceptors (Lipinski definition) is 0. The van der Waals surface area contributed by atoms with Crippen molar-refractivity contribution in [3.8, 4) is 11.1 Å². The van der Waals surface area contributed by atoms with E-state index in [1.54, 1.807) is 32.2 Å². The lowest BCUT2D eigenvalue weighted by molar-refractivity contribution is -0.811. The summed E-state index contributed by atoms with van der Waals surface area (Å²) in [5, 5.41) is 0.0628. The van der Waals surface area contributed by atoms with Gasteiger partial charge >= 0.3 is 17.9 Å². The third-order valence-electron chi connectivity index (χ3n) is 14.0. The van der Waals surface area contributed by atoms with Crippen LogP contribution >= 0.6 is 0 Å². The van der Waals surface area contributed by atoms with Gasteiger partial charge in [-0.05, 0) is 25.0 Å². The van der Waals surface area contributed by atoms with Crippen LogP contribution in [0.25, 0.3) is 11.1 Å². The Kier molecular flexibility index (Phi) is 35.9. The number of alkyl halides is 6. The average Bonchev–Trinajstić information content (AvgIpc) is 3.33. The third-order valence-corrected chi connectivity index (χ3v) is 14.0. The maximum atomic E-state index is 13.6. The lowest BCUT2D eigenvalue weighted by atomic mass is 9.17. The fourth-order valence-electron chi connectivity index (χ4n) is 9.41. The summed E-state index contributed by atoms with van der Waals surface area (Å²) in [6.45, 7) is 14.4. The van der Waals surface area contributed by atoms with Crippen molar-refractivity contribution in [3.05, 3.63) is 58.7 Å². The Balaban J connectivity index is 0.00000105. The Labute approximate surface area is 419 Å². The van der Waals surface area contributed by atoms with E-state index >= 15 is 0 Å². The maximum absolute atomic E-state index is 13.6. The van der Waals surface area contributed by atoms with Crippen LogP contribution < -0.4 is 5.32 Å². The number of rotatable bonds is 37. The minimum atomic E-state index is -5.35. The summed E-state index contributed by atoms with van der Waals surface area (Å²) in [5.41, 5.74) is -2.95. The van der Waals surface area contributed by atoms with Crippen LogP contribution in [0.2, 0.25) is 25.3 Å². The maximum Gasteiger partial charge on any atom is 0.458 e. The summed E-state index contributed by atoms with van der Waals surface area (Å²) in [4.78, 5) is 0. The predicted molar refractivity (Wildman–Crippen MR) is 266 cm³/mol. The zero-order chi connectivity index (χ0) is 54.1. The molecule has 2 rings (SSSR count). The predicted octanol–water partition coefficient (Wildman–Crippen LogP) is 20.6. The average molecular weight is 1040 g/mol. The highest BCUT2D eigenvalue weighted by Gasteiger charge is 2.74. The van der Waals surface area contributed by atoms with Crippen LogP contribution in [0, 0.1) is 52.5 Å². The van der Waals surface area contributed by atoms with E-state index in [4.69, 9.17) is 0 Å². The molecule has 0 saturated carbocycles. The van der Waals surface area contributed by atoms with E-state index in [0.717, 1.165) is 12.8 Å². The molecule has 16 heteroatoms. The zero-order valence-electron chi connectivity index (χ0n) is 44.3. The van der Waals surface area contributed by atoms with Crippen LogP contribution in [0.1, 0.15) is 222 Å². The van der Waals surface area contributed by atoms with Gasteiger partial charge in [-0.2, -0.15) is 42.8 Å². The molecule has 0 radical (unpaired) electrons. The first kappa shape index (κ1) is 68.5. The van der Waals surface area contributed by atoms with Crippen molar-refractivity contribution in [1.29, 1.82) is 0 Å². The van der Waals surface area contributed by atoms with Crippen LogP contribution in [0.4, 0.5) is 61.5 Å². The first-order valence-electron chi connectivity index (χ1n) is 27.4. The van der Waals surface area contributed by atoms with Crippen LogP contribution in [-0.2, 0) is 0 Å². The van der Waals surface area contributed by atoms with Crippen molar-refractivity contribution in [2.24, 2.45) is 5.92 Å². The number of unbranched alkanes of at least 4 members (excludes halogenated alkanes) is 19.